The standard InChI is InChI=1S/C27H38O11P2/c1-26(2,37-40(30,34-20-25-19-32-25)36-23-13-9-6-10-14-23)15-21(28)17-33-39(29,35-22-11-7-5-8-12-22)38-27(3,4)16-24-18-31-24/h5-14,21,24-25,28H,15-20H2,1-4H3. The number of ether oxygens (including phenoxy) is 2. The average molecular weight is 601 g/mol. The Bertz CT molecular complexity index is 1170. The molecule has 40 heavy (non-hydrogen) atoms. The highest BCUT2D eigenvalue weighted by atomic mass is 31.2. The molecule has 0 amide bonds. The van der Waals surface area contributed by atoms with Crippen LogP contribution in [0.5, 0.6) is 11.5 Å². The Kier molecular flexibility index (Phi) is 10.1. The van der Waals surface area contributed by atoms with Gasteiger partial charge in [0.05, 0.1) is 49.8 Å². The first kappa shape index (κ1) is 31.2. The Morgan fingerprint density at radius 1 is 0.800 bits per heavy atom. The third-order valence-corrected chi connectivity index (χ3v) is 8.97. The third-order valence-electron chi connectivity index (χ3n) is 5.73. The van der Waals surface area contributed by atoms with Gasteiger partial charge >= 0.3 is 15.6 Å². The molecule has 222 valence electrons. The van der Waals surface area contributed by atoms with E-state index in [0.717, 1.165) is 0 Å². The van der Waals surface area contributed by atoms with E-state index in [1.165, 1.54) is 0 Å². The maximum absolute atomic E-state index is 13.7. The van der Waals surface area contributed by atoms with Gasteiger partial charge in [0.25, 0.3) is 0 Å². The van der Waals surface area contributed by atoms with Crippen molar-refractivity contribution in [3.8, 4) is 11.5 Å². The normalized spacial score (nSPS) is 22.5. The smallest absolute Gasteiger partial charge is 0.404 e. The second-order valence-corrected chi connectivity index (χ2v) is 14.0. The van der Waals surface area contributed by atoms with E-state index in [0.29, 0.717) is 31.1 Å². The molecule has 2 aromatic rings. The van der Waals surface area contributed by atoms with Crippen LogP contribution >= 0.6 is 15.6 Å². The van der Waals surface area contributed by atoms with Gasteiger partial charge in [-0.25, -0.2) is 9.13 Å². The van der Waals surface area contributed by atoms with Crippen molar-refractivity contribution in [2.24, 2.45) is 0 Å². The van der Waals surface area contributed by atoms with Crippen LogP contribution in [-0.4, -0.2) is 61.0 Å². The Balaban J connectivity index is 1.38. The number of phosphoric ester groups is 2. The van der Waals surface area contributed by atoms with Crippen LogP contribution < -0.4 is 9.05 Å². The fraction of sp³-hybridized carbons (Fsp3) is 0.556. The SMILES string of the molecule is CC(C)(CC(O)COP(=O)(Oc1ccccc1)OC(C)(C)CC1CO1)OP(=O)(OCC1CO1)Oc1ccccc1. The molecule has 0 radical (unpaired) electrons. The Morgan fingerprint density at radius 3 is 1.77 bits per heavy atom. The lowest BCUT2D eigenvalue weighted by Crippen LogP contribution is -2.33. The lowest BCUT2D eigenvalue weighted by Gasteiger charge is -2.32. The fourth-order valence-electron chi connectivity index (χ4n) is 3.92. The van der Waals surface area contributed by atoms with Crippen molar-refractivity contribution >= 4 is 15.6 Å². The van der Waals surface area contributed by atoms with E-state index < -0.39 is 39.6 Å². The molecule has 0 aromatic heterocycles. The van der Waals surface area contributed by atoms with Crippen molar-refractivity contribution in [1.29, 1.82) is 0 Å². The molecule has 2 fully saturated rings. The van der Waals surface area contributed by atoms with Crippen LogP contribution in [0.4, 0.5) is 0 Å². The number of benzene rings is 2. The lowest BCUT2D eigenvalue weighted by molar-refractivity contribution is -0.0168. The summed E-state index contributed by atoms with van der Waals surface area (Å²) in [5.74, 6) is 0.593. The Morgan fingerprint density at radius 2 is 1.27 bits per heavy atom. The van der Waals surface area contributed by atoms with Crippen LogP contribution in [0.1, 0.15) is 40.5 Å². The zero-order chi connectivity index (χ0) is 28.9. The molecule has 2 saturated heterocycles. The van der Waals surface area contributed by atoms with Crippen LogP contribution in [0.2, 0.25) is 0 Å². The van der Waals surface area contributed by atoms with Gasteiger partial charge in [-0.15, -0.1) is 0 Å². The first-order valence-electron chi connectivity index (χ1n) is 13.1. The predicted octanol–water partition coefficient (Wildman–Crippen LogP) is 5.92. The zero-order valence-corrected chi connectivity index (χ0v) is 25.0. The van der Waals surface area contributed by atoms with Gasteiger partial charge in [0.15, 0.2) is 0 Å². The minimum atomic E-state index is -4.19. The Labute approximate surface area is 235 Å². The summed E-state index contributed by atoms with van der Waals surface area (Å²) in [5.41, 5.74) is -2.09. The lowest BCUT2D eigenvalue weighted by atomic mass is 10.0. The number of rotatable bonds is 18. The molecule has 2 aliphatic heterocycles. The van der Waals surface area contributed by atoms with E-state index in [2.05, 4.69) is 0 Å². The quantitative estimate of drug-likeness (QED) is 0.161. The number of aliphatic hydroxyl groups excluding tert-OH is 1. The molecule has 2 heterocycles. The summed E-state index contributed by atoms with van der Waals surface area (Å²) < 4.78 is 71.8. The van der Waals surface area contributed by atoms with Crippen molar-refractivity contribution in [1.82, 2.24) is 0 Å². The van der Waals surface area contributed by atoms with Gasteiger partial charge < -0.3 is 23.6 Å². The second kappa shape index (κ2) is 13.0. The van der Waals surface area contributed by atoms with Gasteiger partial charge in [-0.3, -0.25) is 18.1 Å². The van der Waals surface area contributed by atoms with Crippen molar-refractivity contribution < 1.29 is 50.9 Å². The van der Waals surface area contributed by atoms with E-state index in [1.807, 2.05) is 0 Å². The van der Waals surface area contributed by atoms with Crippen molar-refractivity contribution in [2.45, 2.75) is 70.1 Å². The second-order valence-electron chi connectivity index (χ2n) is 11.0. The molecule has 5 atom stereocenters. The number of phosphoric acid groups is 2. The van der Waals surface area contributed by atoms with Gasteiger partial charge in [-0.1, -0.05) is 36.4 Å². The van der Waals surface area contributed by atoms with Crippen LogP contribution in [0.25, 0.3) is 0 Å². The molecular formula is C27H38O11P2. The number of hydrogen-bond acceptors (Lipinski definition) is 11. The van der Waals surface area contributed by atoms with E-state index >= 15 is 0 Å². The molecule has 11 nitrogen and oxygen atoms in total. The number of aliphatic hydroxyl groups is 1. The van der Waals surface area contributed by atoms with Crippen LogP contribution in [0, 0.1) is 0 Å². The van der Waals surface area contributed by atoms with E-state index in [4.69, 9.17) is 36.6 Å². The molecule has 0 bridgehead atoms. The first-order chi connectivity index (χ1) is 18.8. The molecule has 2 aromatic carbocycles. The highest BCUT2D eigenvalue weighted by molar-refractivity contribution is 7.49. The summed E-state index contributed by atoms with van der Waals surface area (Å²) in [6.07, 6.45) is -0.926. The summed E-state index contributed by atoms with van der Waals surface area (Å²) in [5, 5.41) is 10.8. The summed E-state index contributed by atoms with van der Waals surface area (Å²) in [7, 11) is -8.30. The molecule has 5 unspecified atom stereocenters. The summed E-state index contributed by atoms with van der Waals surface area (Å²) in [4.78, 5) is 0. The van der Waals surface area contributed by atoms with Gasteiger partial charge in [0.2, 0.25) is 0 Å². The summed E-state index contributed by atoms with van der Waals surface area (Å²) >= 11 is 0. The van der Waals surface area contributed by atoms with Gasteiger partial charge in [0.1, 0.15) is 17.6 Å². The number of hydrogen-bond donors (Lipinski definition) is 1. The Hall–Kier alpha value is -1.78. The molecule has 0 aliphatic carbocycles. The minimum absolute atomic E-state index is 0.0196. The van der Waals surface area contributed by atoms with Crippen molar-refractivity contribution in [3.05, 3.63) is 60.7 Å². The summed E-state index contributed by atoms with van der Waals surface area (Å²) in [6, 6.07) is 17.0. The number of epoxide rings is 2. The third kappa shape index (κ3) is 10.9. The minimum Gasteiger partial charge on any atom is -0.404 e. The molecule has 1 N–H and O–H groups in total. The molecule has 13 heteroatoms. The molecule has 0 saturated carbocycles. The molecular weight excluding hydrogens is 562 g/mol. The van der Waals surface area contributed by atoms with Gasteiger partial charge in [-0.05, 0) is 52.0 Å². The zero-order valence-electron chi connectivity index (χ0n) is 23.2. The molecule has 2 aliphatic rings. The first-order valence-corrected chi connectivity index (χ1v) is 16.1. The van der Waals surface area contributed by atoms with Crippen molar-refractivity contribution in [2.75, 3.05) is 26.4 Å². The fourth-order valence-corrected chi connectivity index (χ4v) is 7.03. The predicted molar refractivity (Wildman–Crippen MR) is 146 cm³/mol. The largest absolute Gasteiger partial charge is 0.530 e. The highest BCUT2D eigenvalue weighted by Gasteiger charge is 2.43. The van der Waals surface area contributed by atoms with E-state index in [-0.39, 0.29) is 25.2 Å². The van der Waals surface area contributed by atoms with Crippen LogP contribution in [0.15, 0.2) is 60.7 Å². The van der Waals surface area contributed by atoms with Gasteiger partial charge in [0, 0.05) is 12.8 Å². The monoisotopic (exact) mass is 600 g/mol. The van der Waals surface area contributed by atoms with Crippen molar-refractivity contribution in [3.63, 3.8) is 0 Å². The molecule has 0 spiro atoms. The van der Waals surface area contributed by atoms with Gasteiger partial charge in [-0.2, -0.15) is 0 Å². The van der Waals surface area contributed by atoms with E-state index in [1.54, 1.807) is 88.4 Å². The van der Waals surface area contributed by atoms with Crippen LogP contribution in [-0.2, 0) is 36.7 Å². The maximum Gasteiger partial charge on any atom is 0.530 e. The highest BCUT2D eigenvalue weighted by Crippen LogP contribution is 2.55. The number of para-hydroxylation sites is 2. The average Bonchev–Trinajstić information content (AvgIpc) is 3.78. The van der Waals surface area contributed by atoms with Crippen LogP contribution in [0.3, 0.4) is 0 Å². The maximum atomic E-state index is 13.7. The topological polar surface area (TPSA) is 135 Å². The summed E-state index contributed by atoms with van der Waals surface area (Å²) in [6.45, 7) is 7.53. The molecule has 4 rings (SSSR count). The van der Waals surface area contributed by atoms with E-state index in [9.17, 15) is 14.2 Å².